The molecule has 10 nitrogen and oxygen atoms in total. The van der Waals surface area contributed by atoms with Crippen LogP contribution in [0.3, 0.4) is 0 Å². The third kappa shape index (κ3) is 5.92. The van der Waals surface area contributed by atoms with Crippen LogP contribution < -0.4 is 0 Å². The van der Waals surface area contributed by atoms with Gasteiger partial charge in [0.1, 0.15) is 6.61 Å². The molecular weight excluding hydrogens is 608 g/mol. The first-order valence-corrected chi connectivity index (χ1v) is 17.8. The van der Waals surface area contributed by atoms with Gasteiger partial charge in [0.15, 0.2) is 8.32 Å². The summed E-state index contributed by atoms with van der Waals surface area (Å²) in [6.07, 6.45) is -0.867. The number of hydrogen-bond acceptors (Lipinski definition) is 8. The SMILES string of the molecule is CC(C)(C)[Si](C)(C)O[C@H]1[C@@H]2[C@H](Br)[C@H]1N(C(=O)OCc1ccccc1)[C@H]2COS(=O)(=O)c1ccc([N+](=O)[O-])cc1. The molecule has 2 saturated heterocycles. The summed E-state index contributed by atoms with van der Waals surface area (Å²) in [6.45, 7) is 10.4. The van der Waals surface area contributed by atoms with Gasteiger partial charge in [0.05, 0.1) is 34.6 Å². The van der Waals surface area contributed by atoms with Crippen LogP contribution in [0.15, 0.2) is 59.5 Å². The van der Waals surface area contributed by atoms with E-state index in [1.165, 1.54) is 0 Å². The first-order chi connectivity index (χ1) is 18.1. The summed E-state index contributed by atoms with van der Waals surface area (Å²) in [4.78, 5) is 24.9. The lowest BCUT2D eigenvalue weighted by Gasteiger charge is -2.48. The van der Waals surface area contributed by atoms with E-state index in [2.05, 4.69) is 49.8 Å². The molecule has 2 heterocycles. The molecule has 1 amide bonds. The van der Waals surface area contributed by atoms with Gasteiger partial charge in [-0.2, -0.15) is 8.42 Å². The Balaban J connectivity index is 1.55. The summed E-state index contributed by atoms with van der Waals surface area (Å²) in [5.74, 6) is -0.208. The van der Waals surface area contributed by atoms with Crippen LogP contribution in [0.25, 0.3) is 0 Å². The molecule has 2 bridgehead atoms. The first kappa shape index (κ1) is 29.7. The number of hydrogen-bond donors (Lipinski definition) is 0. The highest BCUT2D eigenvalue weighted by molar-refractivity contribution is 9.09. The average molecular weight is 642 g/mol. The fourth-order valence-corrected chi connectivity index (χ4v) is 8.15. The van der Waals surface area contributed by atoms with E-state index in [0.29, 0.717) is 0 Å². The van der Waals surface area contributed by atoms with Gasteiger partial charge in [0.25, 0.3) is 15.8 Å². The number of benzene rings is 2. The Morgan fingerprint density at radius 2 is 1.72 bits per heavy atom. The van der Waals surface area contributed by atoms with Crippen molar-refractivity contribution in [3.63, 3.8) is 0 Å². The quantitative estimate of drug-likeness (QED) is 0.116. The van der Waals surface area contributed by atoms with Crippen molar-refractivity contribution in [2.75, 3.05) is 6.61 Å². The zero-order valence-corrected chi connectivity index (χ0v) is 25.8. The lowest BCUT2D eigenvalue weighted by atomic mass is 9.79. The zero-order chi connectivity index (χ0) is 28.8. The molecule has 0 spiro atoms. The van der Waals surface area contributed by atoms with Crippen LogP contribution >= 0.6 is 15.9 Å². The van der Waals surface area contributed by atoms with Gasteiger partial charge in [-0.25, -0.2) is 4.79 Å². The molecule has 2 aromatic rings. The highest BCUT2D eigenvalue weighted by Gasteiger charge is 2.68. The summed E-state index contributed by atoms with van der Waals surface area (Å²) in [5.41, 5.74) is 0.598. The van der Waals surface area contributed by atoms with Gasteiger partial charge < -0.3 is 9.16 Å². The number of halogens is 1. The van der Waals surface area contributed by atoms with E-state index in [1.807, 2.05) is 30.3 Å². The van der Waals surface area contributed by atoms with Crippen LogP contribution in [0, 0.1) is 16.0 Å². The number of ether oxygens (including phenoxy) is 1. The number of nitro benzene ring substituents is 1. The van der Waals surface area contributed by atoms with E-state index in [1.54, 1.807) is 4.90 Å². The minimum Gasteiger partial charge on any atom is -0.445 e. The Kier molecular flexibility index (Phi) is 8.30. The molecule has 212 valence electrons. The lowest BCUT2D eigenvalue weighted by Crippen LogP contribution is -2.60. The molecule has 1 aliphatic carbocycles. The molecule has 3 fully saturated rings. The van der Waals surface area contributed by atoms with Crippen LogP contribution in [0.4, 0.5) is 10.5 Å². The average Bonchev–Trinajstić information content (AvgIpc) is 3.36. The lowest BCUT2D eigenvalue weighted by molar-refractivity contribution is -0.384. The van der Waals surface area contributed by atoms with Crippen LogP contribution in [-0.4, -0.2) is 62.3 Å². The van der Waals surface area contributed by atoms with Crippen molar-refractivity contribution in [2.24, 2.45) is 5.92 Å². The van der Waals surface area contributed by atoms with Gasteiger partial charge in [-0.3, -0.25) is 19.2 Å². The number of fused-ring (bicyclic) bond motifs is 1. The van der Waals surface area contributed by atoms with Crippen molar-refractivity contribution < 1.29 is 31.5 Å². The predicted molar refractivity (Wildman–Crippen MR) is 151 cm³/mol. The van der Waals surface area contributed by atoms with Crippen LogP contribution in [0.5, 0.6) is 0 Å². The number of rotatable bonds is 9. The topological polar surface area (TPSA) is 125 Å². The molecular formula is C26H33BrN2O8SSi. The monoisotopic (exact) mass is 640 g/mol. The Morgan fingerprint density at radius 3 is 2.28 bits per heavy atom. The van der Waals surface area contributed by atoms with Gasteiger partial charge in [-0.05, 0) is 35.8 Å². The van der Waals surface area contributed by atoms with Gasteiger partial charge in [-0.1, -0.05) is 67.0 Å². The number of non-ortho nitro benzene ring substituents is 1. The minimum absolute atomic E-state index is 0.0618. The van der Waals surface area contributed by atoms with Gasteiger partial charge >= 0.3 is 6.09 Å². The van der Waals surface area contributed by atoms with E-state index >= 15 is 0 Å². The molecule has 2 aliphatic heterocycles. The molecule has 5 rings (SSSR count). The molecule has 0 aromatic heterocycles. The highest BCUT2D eigenvalue weighted by Crippen LogP contribution is 2.54. The Morgan fingerprint density at radius 1 is 1.10 bits per heavy atom. The normalized spacial score (nSPS) is 24.8. The van der Waals surface area contributed by atoms with Crippen LogP contribution in [-0.2, 0) is 30.1 Å². The summed E-state index contributed by atoms with van der Waals surface area (Å²) >= 11 is 3.70. The molecule has 0 N–H and O–H groups in total. The van der Waals surface area contributed by atoms with E-state index in [0.717, 1.165) is 29.8 Å². The number of carbonyl (C=O) groups excluding carboxylic acids is 1. The molecule has 0 radical (unpaired) electrons. The molecule has 0 unspecified atom stereocenters. The summed E-state index contributed by atoms with van der Waals surface area (Å²) in [7, 11) is -6.46. The van der Waals surface area contributed by atoms with Gasteiger partial charge in [0.2, 0.25) is 0 Å². The molecule has 3 aliphatic rings. The fraction of sp³-hybridized carbons (Fsp3) is 0.500. The van der Waals surface area contributed by atoms with E-state index in [4.69, 9.17) is 13.3 Å². The zero-order valence-electron chi connectivity index (χ0n) is 22.4. The molecule has 1 saturated carbocycles. The number of alkyl halides is 1. The highest BCUT2D eigenvalue weighted by atomic mass is 79.9. The maximum absolute atomic E-state index is 13.4. The molecule has 39 heavy (non-hydrogen) atoms. The molecule has 2 aromatic carbocycles. The second-order valence-corrected chi connectivity index (χ2v) is 18.8. The second kappa shape index (κ2) is 10.9. The van der Waals surface area contributed by atoms with Crippen molar-refractivity contribution in [3.05, 3.63) is 70.3 Å². The van der Waals surface area contributed by atoms with Crippen LogP contribution in [0.2, 0.25) is 18.1 Å². The molecule has 5 atom stereocenters. The van der Waals surface area contributed by atoms with Crippen molar-refractivity contribution in [1.82, 2.24) is 4.90 Å². The van der Waals surface area contributed by atoms with Crippen molar-refractivity contribution in [3.8, 4) is 0 Å². The number of nitrogens with zero attached hydrogens (tertiary/aromatic N) is 2. The molecule has 13 heteroatoms. The Labute approximate surface area is 238 Å². The van der Waals surface area contributed by atoms with E-state index in [9.17, 15) is 23.3 Å². The first-order valence-electron chi connectivity index (χ1n) is 12.6. The van der Waals surface area contributed by atoms with E-state index in [-0.39, 0.29) is 51.7 Å². The predicted octanol–water partition coefficient (Wildman–Crippen LogP) is 5.47. The second-order valence-electron chi connectivity index (χ2n) is 11.4. The van der Waals surface area contributed by atoms with Crippen LogP contribution in [0.1, 0.15) is 26.3 Å². The fourth-order valence-electron chi connectivity index (χ4n) is 4.69. The van der Waals surface area contributed by atoms with Crippen molar-refractivity contribution >= 4 is 46.1 Å². The largest absolute Gasteiger partial charge is 0.445 e. The minimum atomic E-state index is -4.24. The van der Waals surface area contributed by atoms with Gasteiger partial charge in [0, 0.05) is 22.9 Å². The maximum atomic E-state index is 13.4. The van der Waals surface area contributed by atoms with Crippen molar-refractivity contribution in [2.45, 2.75) is 73.4 Å². The standard InChI is InChI=1S/C26H33BrN2O8SSi/c1-26(2,3)39(4,5)37-24-21-20(16-36-38(33,34)19-13-11-18(12-14-19)29(31)32)28(23(24)22(21)27)25(30)35-15-17-9-7-6-8-10-17/h6-14,20-24H,15-16H2,1-5H3/t20-,21-,22-,23+,24-/m0/s1. The third-order valence-electron chi connectivity index (χ3n) is 7.92. The Bertz CT molecular complexity index is 1320. The third-order valence-corrected chi connectivity index (χ3v) is 14.8. The smallest absolute Gasteiger partial charge is 0.410 e. The van der Waals surface area contributed by atoms with Gasteiger partial charge in [-0.15, -0.1) is 0 Å². The number of amides is 1. The summed E-state index contributed by atoms with van der Waals surface area (Å²) in [6, 6.07) is 12.8. The maximum Gasteiger partial charge on any atom is 0.410 e. The summed E-state index contributed by atoms with van der Waals surface area (Å²) in [5, 5.41) is 10.9. The summed E-state index contributed by atoms with van der Waals surface area (Å²) < 4.78 is 43.6. The van der Waals surface area contributed by atoms with Crippen molar-refractivity contribution in [1.29, 1.82) is 0 Å². The number of carbonyl (C=O) groups is 1. The Hall–Kier alpha value is -2.32. The number of nitro groups is 1. The van der Waals surface area contributed by atoms with E-state index < -0.39 is 35.5 Å².